The average molecular weight is 797 g/mol. The van der Waals surface area contributed by atoms with Crippen LogP contribution in [0.3, 0.4) is 0 Å². The van der Waals surface area contributed by atoms with Gasteiger partial charge in [-0.1, -0.05) is 24.3 Å². The summed E-state index contributed by atoms with van der Waals surface area (Å²) in [6.45, 7) is 0. The Morgan fingerprint density at radius 2 is 0.464 bits per heavy atom. The molecule has 0 aromatic carbocycles. The van der Waals surface area contributed by atoms with Crippen molar-refractivity contribution < 1.29 is 0 Å². The SMILES string of the molecule is c1ccc(-c2nc(-c3ccccn3)nc(-c3ccc(-c4ccc(-c5ccc(-c6ccc(-c7nc(-c8ccccn8)nc(-c8ccccn8)n7)s6)s5)s4)s3)n2)nc1. The van der Waals surface area contributed by atoms with Crippen LogP contribution in [0.15, 0.2) is 146 Å². The van der Waals surface area contributed by atoms with Gasteiger partial charge in [-0.15, -0.1) is 45.3 Å². The van der Waals surface area contributed by atoms with E-state index in [1.54, 1.807) is 70.1 Å². The molecule has 10 aromatic rings. The van der Waals surface area contributed by atoms with Crippen LogP contribution in [0.2, 0.25) is 0 Å². The third-order valence-corrected chi connectivity index (χ3v) is 13.4. The molecule has 0 N–H and O–H groups in total. The van der Waals surface area contributed by atoms with Crippen LogP contribution in [-0.4, -0.2) is 49.8 Å². The summed E-state index contributed by atoms with van der Waals surface area (Å²) in [6, 6.07) is 40.0. The first-order valence-corrected chi connectivity index (χ1v) is 20.6. The second-order valence-corrected chi connectivity index (χ2v) is 16.5. The molecule has 0 fully saturated rings. The van der Waals surface area contributed by atoms with Gasteiger partial charge < -0.3 is 0 Å². The fraction of sp³-hybridized carbons (Fsp3) is 0. The van der Waals surface area contributed by atoms with Crippen LogP contribution in [0, 0.1) is 0 Å². The smallest absolute Gasteiger partial charge is 0.182 e. The molecule has 14 heteroatoms. The highest BCUT2D eigenvalue weighted by molar-refractivity contribution is 7.29. The van der Waals surface area contributed by atoms with Crippen molar-refractivity contribution in [3.8, 4) is 96.7 Å². The normalized spacial score (nSPS) is 11.2. The minimum atomic E-state index is 0.507. The second-order valence-electron chi connectivity index (χ2n) is 12.1. The maximum Gasteiger partial charge on any atom is 0.182 e. The third kappa shape index (κ3) is 6.93. The second kappa shape index (κ2) is 14.9. The van der Waals surface area contributed by atoms with Gasteiger partial charge in [0.15, 0.2) is 34.9 Å². The average Bonchev–Trinajstić information content (AvgIpc) is 4.12. The van der Waals surface area contributed by atoms with Gasteiger partial charge in [0.1, 0.15) is 22.8 Å². The van der Waals surface area contributed by atoms with Crippen LogP contribution < -0.4 is 0 Å². The fourth-order valence-electron chi connectivity index (χ4n) is 5.80. The molecule has 10 aromatic heterocycles. The number of rotatable bonds is 9. The van der Waals surface area contributed by atoms with E-state index < -0.39 is 0 Å². The molecule has 0 saturated heterocycles. The molecular weight excluding hydrogens is 773 g/mol. The van der Waals surface area contributed by atoms with Crippen molar-refractivity contribution in [1.29, 1.82) is 0 Å². The van der Waals surface area contributed by atoms with Crippen molar-refractivity contribution in [2.24, 2.45) is 0 Å². The van der Waals surface area contributed by atoms with Gasteiger partial charge in [-0.25, -0.2) is 29.9 Å². The lowest BCUT2D eigenvalue weighted by Crippen LogP contribution is -2.01. The zero-order valence-corrected chi connectivity index (χ0v) is 32.2. The minimum absolute atomic E-state index is 0.507. The van der Waals surface area contributed by atoms with Crippen molar-refractivity contribution in [3.63, 3.8) is 0 Å². The van der Waals surface area contributed by atoms with Gasteiger partial charge in [-0.2, -0.15) is 0 Å². The number of aromatic nitrogens is 10. The molecule has 0 unspecified atom stereocenters. The van der Waals surface area contributed by atoms with Crippen LogP contribution in [0.25, 0.3) is 96.7 Å². The summed E-state index contributed by atoms with van der Waals surface area (Å²) in [6.07, 6.45) is 6.95. The van der Waals surface area contributed by atoms with E-state index in [0.717, 1.165) is 19.5 Å². The van der Waals surface area contributed by atoms with Crippen molar-refractivity contribution >= 4 is 45.3 Å². The van der Waals surface area contributed by atoms with Crippen molar-refractivity contribution in [1.82, 2.24) is 49.8 Å². The van der Waals surface area contributed by atoms with E-state index in [-0.39, 0.29) is 0 Å². The van der Waals surface area contributed by atoms with Crippen LogP contribution in [0.1, 0.15) is 0 Å². The monoisotopic (exact) mass is 796 g/mol. The van der Waals surface area contributed by atoms with Crippen LogP contribution in [0.4, 0.5) is 0 Å². The summed E-state index contributed by atoms with van der Waals surface area (Å²) in [5, 5.41) is 0. The molecule has 0 aliphatic rings. The van der Waals surface area contributed by atoms with Gasteiger partial charge in [-0.05, 0) is 97.1 Å². The molecule has 0 atom stereocenters. The lowest BCUT2D eigenvalue weighted by molar-refractivity contribution is 1.05. The van der Waals surface area contributed by atoms with E-state index in [9.17, 15) is 0 Å². The number of nitrogens with zero attached hydrogens (tertiary/aromatic N) is 10. The Morgan fingerprint density at radius 3 is 0.714 bits per heavy atom. The first kappa shape index (κ1) is 33.9. The molecule has 10 heterocycles. The molecule has 10 rings (SSSR count). The predicted molar refractivity (Wildman–Crippen MR) is 225 cm³/mol. The summed E-state index contributed by atoms with van der Waals surface area (Å²) < 4.78 is 0. The first-order chi connectivity index (χ1) is 27.7. The maximum absolute atomic E-state index is 4.84. The molecule has 0 bridgehead atoms. The fourth-order valence-corrected chi connectivity index (χ4v) is 9.96. The summed E-state index contributed by atoms with van der Waals surface area (Å²) in [5.74, 6) is 3.21. The van der Waals surface area contributed by atoms with Crippen molar-refractivity contribution in [3.05, 3.63) is 146 Å². The maximum atomic E-state index is 4.84. The molecule has 0 aliphatic carbocycles. The van der Waals surface area contributed by atoms with E-state index >= 15 is 0 Å². The molecule has 0 spiro atoms. The van der Waals surface area contributed by atoms with Gasteiger partial charge in [0.05, 0.1) is 9.75 Å². The highest BCUT2D eigenvalue weighted by Gasteiger charge is 2.18. The summed E-state index contributed by atoms with van der Waals surface area (Å²) >= 11 is 6.85. The first-order valence-electron chi connectivity index (χ1n) is 17.3. The van der Waals surface area contributed by atoms with E-state index in [1.807, 2.05) is 72.8 Å². The highest BCUT2D eigenvalue weighted by atomic mass is 32.1. The van der Waals surface area contributed by atoms with Crippen molar-refractivity contribution in [2.75, 3.05) is 0 Å². The van der Waals surface area contributed by atoms with E-state index in [4.69, 9.17) is 29.9 Å². The molecule has 0 amide bonds. The zero-order chi connectivity index (χ0) is 37.3. The molecular formula is C42H24N10S4. The number of thiophene rings is 4. The van der Waals surface area contributed by atoms with Crippen LogP contribution in [-0.2, 0) is 0 Å². The Hall–Kier alpha value is -6.58. The molecule has 10 nitrogen and oxygen atoms in total. The molecule has 0 saturated carbocycles. The van der Waals surface area contributed by atoms with Crippen LogP contribution in [0.5, 0.6) is 0 Å². The number of hydrogen-bond donors (Lipinski definition) is 0. The Morgan fingerprint density at radius 1 is 0.232 bits per heavy atom. The quantitative estimate of drug-likeness (QED) is 0.139. The highest BCUT2D eigenvalue weighted by Crippen LogP contribution is 2.44. The Bertz CT molecular complexity index is 2610. The topological polar surface area (TPSA) is 129 Å². The van der Waals surface area contributed by atoms with Crippen LogP contribution >= 0.6 is 45.3 Å². The minimum Gasteiger partial charge on any atom is -0.253 e. The lowest BCUT2D eigenvalue weighted by Gasteiger charge is -2.05. The van der Waals surface area contributed by atoms with E-state index in [0.29, 0.717) is 57.7 Å². The van der Waals surface area contributed by atoms with Gasteiger partial charge in [0.2, 0.25) is 0 Å². The third-order valence-electron chi connectivity index (χ3n) is 8.44. The largest absolute Gasteiger partial charge is 0.253 e. The Kier molecular flexibility index (Phi) is 9.05. The number of hydrogen-bond acceptors (Lipinski definition) is 14. The van der Waals surface area contributed by atoms with Gasteiger partial charge >= 0.3 is 0 Å². The molecule has 0 radical (unpaired) electrons. The Labute approximate surface area is 336 Å². The standard InChI is InChI=1S/C42H24N10S4/c1-5-21-43-25(9-1)37-47-38(26-10-2-6-22-44-26)50-41(49-37)35-19-17-33(55-35)31-15-13-29(53-31)30-14-16-32(54-30)34-18-20-36(56-34)42-51-39(27-11-3-7-23-45-27)48-40(52-42)28-12-4-8-24-46-28/h1-24H. The molecule has 0 aliphatic heterocycles. The van der Waals surface area contributed by atoms with Gasteiger partial charge in [0, 0.05) is 54.1 Å². The predicted octanol–water partition coefficient (Wildman–Crippen LogP) is 10.9. The van der Waals surface area contributed by atoms with Gasteiger partial charge in [0.25, 0.3) is 0 Å². The molecule has 266 valence electrons. The summed E-state index contributed by atoms with van der Waals surface area (Å²) in [4.78, 5) is 55.7. The number of pyridine rings is 4. The lowest BCUT2D eigenvalue weighted by atomic mass is 10.3. The van der Waals surface area contributed by atoms with E-state index in [1.165, 1.54) is 19.5 Å². The van der Waals surface area contributed by atoms with Gasteiger partial charge in [-0.3, -0.25) is 19.9 Å². The molecule has 56 heavy (non-hydrogen) atoms. The summed E-state index contributed by atoms with van der Waals surface area (Å²) in [5.41, 5.74) is 2.71. The van der Waals surface area contributed by atoms with E-state index in [2.05, 4.69) is 68.5 Å². The zero-order valence-electron chi connectivity index (χ0n) is 29.0. The van der Waals surface area contributed by atoms with Crippen molar-refractivity contribution in [2.45, 2.75) is 0 Å². The summed E-state index contributed by atoms with van der Waals surface area (Å²) in [7, 11) is 0. The Balaban J connectivity index is 0.920.